The summed E-state index contributed by atoms with van der Waals surface area (Å²) in [6.45, 7) is 8.46. The second-order valence-corrected chi connectivity index (χ2v) is 8.01. The summed E-state index contributed by atoms with van der Waals surface area (Å²) >= 11 is 0. The fourth-order valence-corrected chi connectivity index (χ4v) is 3.54. The number of para-hydroxylation sites is 2. The van der Waals surface area contributed by atoms with Crippen LogP contribution in [0.2, 0.25) is 0 Å². The Bertz CT molecular complexity index is 992. The van der Waals surface area contributed by atoms with Gasteiger partial charge in [0.15, 0.2) is 5.65 Å². The van der Waals surface area contributed by atoms with Crippen LogP contribution >= 0.6 is 0 Å². The topological polar surface area (TPSA) is 57.6 Å². The molecule has 2 heterocycles. The summed E-state index contributed by atoms with van der Waals surface area (Å²) in [7, 11) is 4.32. The molecule has 5 nitrogen and oxygen atoms in total. The van der Waals surface area contributed by atoms with Gasteiger partial charge in [0.2, 0.25) is 0 Å². The van der Waals surface area contributed by atoms with Gasteiger partial charge in [0.25, 0.3) is 0 Å². The highest BCUT2D eigenvalue weighted by molar-refractivity contribution is 5.86. The van der Waals surface area contributed by atoms with Gasteiger partial charge in [-0.15, -0.1) is 0 Å². The van der Waals surface area contributed by atoms with E-state index >= 15 is 0 Å². The van der Waals surface area contributed by atoms with E-state index in [9.17, 15) is 5.26 Å². The minimum atomic E-state index is 0.615. The highest BCUT2D eigenvalue weighted by Crippen LogP contribution is 2.32. The highest BCUT2D eigenvalue weighted by Gasteiger charge is 2.20. The Labute approximate surface area is 161 Å². The van der Waals surface area contributed by atoms with Gasteiger partial charge >= 0.3 is 0 Å². The summed E-state index contributed by atoms with van der Waals surface area (Å²) in [6.07, 6.45) is 2.05. The van der Waals surface area contributed by atoms with Crippen LogP contribution in [0.5, 0.6) is 0 Å². The molecule has 2 N–H and O–H groups in total. The number of likely N-dealkylation sites (N-methyl/N-ethyl adjacent to an activating group) is 1. The van der Waals surface area contributed by atoms with Gasteiger partial charge in [0.1, 0.15) is 11.9 Å². The smallest absolute Gasteiger partial charge is 0.157 e. The lowest BCUT2D eigenvalue weighted by atomic mass is 9.97. The van der Waals surface area contributed by atoms with E-state index in [-0.39, 0.29) is 0 Å². The average molecular weight is 365 g/mol. The number of pyridine rings is 1. The number of nitriles is 1. The van der Waals surface area contributed by atoms with Crippen LogP contribution in [-0.4, -0.2) is 36.6 Å². The lowest BCUT2D eigenvalue weighted by Crippen LogP contribution is -3.06. The molecule has 2 aromatic heterocycles. The first-order valence-electron chi connectivity index (χ1n) is 9.79. The van der Waals surface area contributed by atoms with Crippen LogP contribution in [0.15, 0.2) is 24.3 Å². The van der Waals surface area contributed by atoms with Gasteiger partial charge in [-0.2, -0.15) is 5.26 Å². The Morgan fingerprint density at radius 2 is 2.00 bits per heavy atom. The first-order valence-corrected chi connectivity index (χ1v) is 9.79. The molecule has 142 valence electrons. The van der Waals surface area contributed by atoms with Crippen molar-refractivity contribution in [3.8, 4) is 6.07 Å². The van der Waals surface area contributed by atoms with Crippen LogP contribution in [0.3, 0.4) is 0 Å². The van der Waals surface area contributed by atoms with E-state index in [0.29, 0.717) is 11.5 Å². The molecule has 0 amide bonds. The number of nitrogens with one attached hydrogen (secondary N) is 2. The van der Waals surface area contributed by atoms with Crippen LogP contribution in [-0.2, 0) is 6.42 Å². The predicted molar refractivity (Wildman–Crippen MR) is 111 cm³/mol. The first-order chi connectivity index (χ1) is 12.9. The minimum Gasteiger partial charge on any atom is -0.365 e. The van der Waals surface area contributed by atoms with Crippen LogP contribution in [0.1, 0.15) is 37.0 Å². The molecule has 0 atom stereocenters. The molecule has 0 aliphatic heterocycles. The second-order valence-electron chi connectivity index (χ2n) is 8.01. The number of nitrogens with zero attached hydrogens (tertiary/aromatic N) is 3. The normalized spacial score (nSPS) is 11.6. The van der Waals surface area contributed by atoms with E-state index in [1.54, 1.807) is 0 Å². The summed E-state index contributed by atoms with van der Waals surface area (Å²) in [5, 5.41) is 13.5. The largest absolute Gasteiger partial charge is 0.365 e. The van der Waals surface area contributed by atoms with Crippen LogP contribution in [0, 0.1) is 24.2 Å². The van der Waals surface area contributed by atoms with Gasteiger partial charge < -0.3 is 10.2 Å². The number of hydrogen-bond acceptors (Lipinski definition) is 3. The van der Waals surface area contributed by atoms with E-state index < -0.39 is 0 Å². The molecule has 0 aliphatic rings. The summed E-state index contributed by atoms with van der Waals surface area (Å²) in [6, 6.07) is 10.5. The zero-order valence-corrected chi connectivity index (χ0v) is 17.1. The SMILES string of the molecule is Cc1c(CCC(C)C)c(NCC[NH+](C)C)n2c(nc3ccccc32)c1C#N. The van der Waals surface area contributed by atoms with Crippen molar-refractivity contribution < 1.29 is 4.90 Å². The summed E-state index contributed by atoms with van der Waals surface area (Å²) in [5.41, 5.74) is 5.72. The molecule has 0 fully saturated rings. The van der Waals surface area contributed by atoms with Gasteiger partial charge in [-0.25, -0.2) is 4.98 Å². The van der Waals surface area contributed by atoms with Gasteiger partial charge in [0, 0.05) is 0 Å². The molecule has 0 saturated carbocycles. The number of fused-ring (bicyclic) bond motifs is 3. The maximum absolute atomic E-state index is 9.86. The van der Waals surface area contributed by atoms with Gasteiger partial charge in [-0.3, -0.25) is 4.40 Å². The third-order valence-electron chi connectivity index (χ3n) is 5.12. The van der Waals surface area contributed by atoms with Crippen LogP contribution < -0.4 is 10.2 Å². The van der Waals surface area contributed by atoms with E-state index in [1.165, 1.54) is 10.5 Å². The number of imidazole rings is 1. The molecule has 3 aromatic rings. The van der Waals surface area contributed by atoms with Gasteiger partial charge in [-0.1, -0.05) is 26.0 Å². The molecule has 1 aromatic carbocycles. The van der Waals surface area contributed by atoms with Crippen molar-refractivity contribution in [1.82, 2.24) is 9.38 Å². The zero-order chi connectivity index (χ0) is 19.6. The second kappa shape index (κ2) is 7.98. The van der Waals surface area contributed by atoms with Crippen molar-refractivity contribution >= 4 is 22.5 Å². The standard InChI is InChI=1S/C22H29N5/c1-15(2)10-11-17-16(3)18(14-23)22-25-19-8-6-7-9-20(19)27(22)21(17)24-12-13-26(4)5/h6-9,15,24H,10-13H2,1-5H3/p+1. The van der Waals surface area contributed by atoms with E-state index in [4.69, 9.17) is 4.98 Å². The monoisotopic (exact) mass is 364 g/mol. The zero-order valence-electron chi connectivity index (χ0n) is 17.1. The summed E-state index contributed by atoms with van der Waals surface area (Å²) in [5.74, 6) is 1.71. The predicted octanol–water partition coefficient (Wildman–Crippen LogP) is 2.81. The molecule has 5 heteroatoms. The fourth-order valence-electron chi connectivity index (χ4n) is 3.54. The number of aromatic nitrogens is 2. The highest BCUT2D eigenvalue weighted by atomic mass is 15.1. The number of rotatable bonds is 7. The number of quaternary nitrogens is 1. The molecular formula is C22H30N5+. The number of hydrogen-bond donors (Lipinski definition) is 2. The molecule has 0 saturated heterocycles. The molecule has 0 bridgehead atoms. The van der Waals surface area contributed by atoms with E-state index in [1.807, 2.05) is 18.2 Å². The lowest BCUT2D eigenvalue weighted by molar-refractivity contribution is -0.856. The molecule has 0 radical (unpaired) electrons. The molecule has 3 rings (SSSR count). The fraction of sp³-hybridized carbons (Fsp3) is 0.455. The average Bonchev–Trinajstić information content (AvgIpc) is 2.99. The van der Waals surface area contributed by atoms with Crippen molar-refractivity contribution in [2.45, 2.75) is 33.6 Å². The number of anilines is 1. The Kier molecular flexibility index (Phi) is 5.67. The van der Waals surface area contributed by atoms with Crippen LogP contribution in [0.4, 0.5) is 5.82 Å². The molecule has 0 aliphatic carbocycles. The number of benzene rings is 1. The van der Waals surface area contributed by atoms with E-state index in [2.05, 4.69) is 56.7 Å². The molecule has 27 heavy (non-hydrogen) atoms. The Hall–Kier alpha value is -2.58. The summed E-state index contributed by atoms with van der Waals surface area (Å²) < 4.78 is 2.15. The Morgan fingerprint density at radius 1 is 1.26 bits per heavy atom. The maximum atomic E-state index is 9.86. The third kappa shape index (κ3) is 3.77. The minimum absolute atomic E-state index is 0.615. The first kappa shape index (κ1) is 19.2. The molecule has 0 unspecified atom stereocenters. The molecular weight excluding hydrogens is 334 g/mol. The Morgan fingerprint density at radius 3 is 2.67 bits per heavy atom. The summed E-state index contributed by atoms with van der Waals surface area (Å²) in [4.78, 5) is 6.19. The van der Waals surface area contributed by atoms with Gasteiger partial charge in [0.05, 0.1) is 43.8 Å². The van der Waals surface area contributed by atoms with Gasteiger partial charge in [-0.05, 0) is 48.9 Å². The van der Waals surface area contributed by atoms with Crippen molar-refractivity contribution in [2.75, 3.05) is 32.5 Å². The van der Waals surface area contributed by atoms with Crippen molar-refractivity contribution in [3.63, 3.8) is 0 Å². The lowest BCUT2D eigenvalue weighted by Gasteiger charge is -2.20. The third-order valence-corrected chi connectivity index (χ3v) is 5.12. The van der Waals surface area contributed by atoms with Crippen molar-refractivity contribution in [1.29, 1.82) is 5.26 Å². The molecule has 0 spiro atoms. The van der Waals surface area contributed by atoms with Crippen molar-refractivity contribution in [2.24, 2.45) is 5.92 Å². The Balaban J connectivity index is 2.26. The van der Waals surface area contributed by atoms with Crippen molar-refractivity contribution in [3.05, 3.63) is 41.0 Å². The van der Waals surface area contributed by atoms with E-state index in [0.717, 1.165) is 54.0 Å². The van der Waals surface area contributed by atoms with Crippen LogP contribution in [0.25, 0.3) is 16.7 Å². The maximum Gasteiger partial charge on any atom is 0.157 e. The quantitative estimate of drug-likeness (QED) is 0.678.